The lowest BCUT2D eigenvalue weighted by Crippen LogP contribution is -2.65. The average molecular weight is 376 g/mol. The molecule has 0 aromatic heterocycles. The van der Waals surface area contributed by atoms with Crippen LogP contribution in [0.2, 0.25) is 0 Å². The lowest BCUT2D eigenvalue weighted by atomic mass is 9.94. The number of rotatable bonds is 6. The van der Waals surface area contributed by atoms with Gasteiger partial charge in [0, 0.05) is 12.6 Å². The standard InChI is InChI=1S/C21H33N3O3/c1-14(2)11-17-19(25)22-13-18(23-17)16(12-15-9-7-6-8-10-15)24-20(26)27-21(3,4)5/h6-10,14,16-18,23H,11-13H2,1-5H3,(H,22,25)(H,24,26)/t16-,17-,18+/m0/s1. The third-order valence-corrected chi connectivity index (χ3v) is 4.42. The fourth-order valence-electron chi connectivity index (χ4n) is 3.25. The van der Waals surface area contributed by atoms with E-state index in [1.165, 1.54) is 0 Å². The molecule has 1 aliphatic rings. The maximum atomic E-state index is 12.4. The maximum absolute atomic E-state index is 12.4. The molecule has 3 N–H and O–H groups in total. The van der Waals surface area contributed by atoms with Crippen LogP contribution in [0, 0.1) is 5.92 Å². The Morgan fingerprint density at radius 1 is 1.26 bits per heavy atom. The van der Waals surface area contributed by atoms with Crippen LogP contribution in [0.1, 0.15) is 46.6 Å². The predicted octanol–water partition coefficient (Wildman–Crippen LogP) is 2.63. The van der Waals surface area contributed by atoms with Gasteiger partial charge in [-0.1, -0.05) is 44.2 Å². The van der Waals surface area contributed by atoms with Gasteiger partial charge in [0.25, 0.3) is 0 Å². The van der Waals surface area contributed by atoms with E-state index in [1.54, 1.807) is 0 Å². The lowest BCUT2D eigenvalue weighted by molar-refractivity contribution is -0.125. The molecule has 1 saturated heterocycles. The highest BCUT2D eigenvalue weighted by Gasteiger charge is 2.34. The van der Waals surface area contributed by atoms with Crippen molar-refractivity contribution in [1.29, 1.82) is 0 Å². The van der Waals surface area contributed by atoms with Crippen LogP contribution in [0.3, 0.4) is 0 Å². The molecule has 1 aromatic rings. The van der Waals surface area contributed by atoms with E-state index in [2.05, 4.69) is 29.8 Å². The highest BCUT2D eigenvalue weighted by molar-refractivity contribution is 5.82. The van der Waals surface area contributed by atoms with Gasteiger partial charge in [0.1, 0.15) is 5.60 Å². The van der Waals surface area contributed by atoms with Crippen molar-refractivity contribution in [2.24, 2.45) is 5.92 Å². The summed E-state index contributed by atoms with van der Waals surface area (Å²) in [6.45, 7) is 10.2. The van der Waals surface area contributed by atoms with Crippen molar-refractivity contribution in [3.05, 3.63) is 35.9 Å². The number of hydrogen-bond acceptors (Lipinski definition) is 4. The van der Waals surface area contributed by atoms with E-state index in [9.17, 15) is 9.59 Å². The van der Waals surface area contributed by atoms with Crippen molar-refractivity contribution in [3.8, 4) is 0 Å². The van der Waals surface area contributed by atoms with Gasteiger partial charge in [-0.3, -0.25) is 10.1 Å². The minimum atomic E-state index is -0.560. The number of hydrogen-bond donors (Lipinski definition) is 3. The summed E-state index contributed by atoms with van der Waals surface area (Å²) in [5.74, 6) is 0.425. The van der Waals surface area contributed by atoms with Gasteiger partial charge in [-0.25, -0.2) is 4.79 Å². The molecule has 1 aromatic carbocycles. The summed E-state index contributed by atoms with van der Waals surface area (Å²) in [6, 6.07) is 9.50. The molecule has 0 spiro atoms. The van der Waals surface area contributed by atoms with E-state index in [4.69, 9.17) is 4.74 Å². The van der Waals surface area contributed by atoms with Gasteiger partial charge in [-0.15, -0.1) is 0 Å². The van der Waals surface area contributed by atoms with Gasteiger partial charge in [-0.05, 0) is 45.1 Å². The van der Waals surface area contributed by atoms with Crippen LogP contribution < -0.4 is 16.0 Å². The van der Waals surface area contributed by atoms with Crippen molar-refractivity contribution in [2.45, 2.75) is 71.2 Å². The monoisotopic (exact) mass is 375 g/mol. The van der Waals surface area contributed by atoms with Crippen LogP contribution in [0.4, 0.5) is 4.79 Å². The van der Waals surface area contributed by atoms with E-state index >= 15 is 0 Å². The van der Waals surface area contributed by atoms with Gasteiger partial charge in [0.15, 0.2) is 0 Å². The summed E-state index contributed by atoms with van der Waals surface area (Å²) in [7, 11) is 0. The zero-order valence-electron chi connectivity index (χ0n) is 17.0. The molecule has 0 unspecified atom stereocenters. The number of alkyl carbamates (subject to hydrolysis) is 1. The average Bonchev–Trinajstić information content (AvgIpc) is 2.55. The second-order valence-electron chi connectivity index (χ2n) is 8.64. The third-order valence-electron chi connectivity index (χ3n) is 4.42. The molecule has 6 nitrogen and oxygen atoms in total. The van der Waals surface area contributed by atoms with Crippen molar-refractivity contribution in [2.75, 3.05) is 6.54 Å². The van der Waals surface area contributed by atoms with E-state index in [0.29, 0.717) is 18.9 Å². The fourth-order valence-corrected chi connectivity index (χ4v) is 3.25. The number of nitrogens with one attached hydrogen (secondary N) is 3. The quantitative estimate of drug-likeness (QED) is 0.714. The van der Waals surface area contributed by atoms with Crippen LogP contribution >= 0.6 is 0 Å². The summed E-state index contributed by atoms with van der Waals surface area (Å²) in [6.07, 6.45) is 0.969. The Morgan fingerprint density at radius 3 is 2.52 bits per heavy atom. The van der Waals surface area contributed by atoms with Crippen LogP contribution in [0.5, 0.6) is 0 Å². The highest BCUT2D eigenvalue weighted by atomic mass is 16.6. The first-order valence-electron chi connectivity index (χ1n) is 9.71. The first-order chi connectivity index (χ1) is 12.6. The Balaban J connectivity index is 2.12. The smallest absolute Gasteiger partial charge is 0.407 e. The number of piperazine rings is 1. The number of benzene rings is 1. The number of ether oxygens (including phenoxy) is 1. The van der Waals surface area contributed by atoms with Gasteiger partial charge in [0.2, 0.25) is 5.91 Å². The summed E-state index contributed by atoms with van der Waals surface area (Å²) < 4.78 is 5.44. The molecule has 6 heteroatoms. The second kappa shape index (κ2) is 9.22. The lowest BCUT2D eigenvalue weighted by Gasteiger charge is -2.37. The van der Waals surface area contributed by atoms with Gasteiger partial charge < -0.3 is 15.4 Å². The normalized spacial score (nSPS) is 21.5. The van der Waals surface area contributed by atoms with Crippen molar-refractivity contribution in [1.82, 2.24) is 16.0 Å². The summed E-state index contributed by atoms with van der Waals surface area (Å²) in [5.41, 5.74) is 0.563. The predicted molar refractivity (Wildman–Crippen MR) is 106 cm³/mol. The Kier molecular flexibility index (Phi) is 7.25. The molecule has 0 saturated carbocycles. The Hall–Kier alpha value is -2.08. The third kappa shape index (κ3) is 7.21. The molecule has 1 aliphatic heterocycles. The molecule has 0 bridgehead atoms. The molecule has 2 rings (SSSR count). The van der Waals surface area contributed by atoms with E-state index in [1.807, 2.05) is 51.1 Å². The summed E-state index contributed by atoms with van der Waals surface area (Å²) >= 11 is 0. The van der Waals surface area contributed by atoms with E-state index < -0.39 is 11.7 Å². The molecule has 27 heavy (non-hydrogen) atoms. The minimum absolute atomic E-state index is 0.0238. The zero-order chi connectivity index (χ0) is 20.0. The SMILES string of the molecule is CC(C)C[C@@H]1N[C@@H]([C@H](Cc2ccccc2)NC(=O)OC(C)(C)C)CNC1=O. The molecular formula is C21H33N3O3. The van der Waals surface area contributed by atoms with Crippen LogP contribution in [-0.4, -0.2) is 42.3 Å². The van der Waals surface area contributed by atoms with E-state index in [0.717, 1.165) is 12.0 Å². The molecule has 0 radical (unpaired) electrons. The van der Waals surface area contributed by atoms with Crippen LogP contribution in [0.15, 0.2) is 30.3 Å². The first kappa shape index (κ1) is 21.2. The zero-order valence-corrected chi connectivity index (χ0v) is 17.0. The topological polar surface area (TPSA) is 79.5 Å². The van der Waals surface area contributed by atoms with Crippen molar-refractivity contribution in [3.63, 3.8) is 0 Å². The Bertz CT molecular complexity index is 625. The first-order valence-corrected chi connectivity index (χ1v) is 9.71. The molecule has 0 aliphatic carbocycles. The minimum Gasteiger partial charge on any atom is -0.444 e. The Labute approximate surface area is 162 Å². The number of amides is 2. The fraction of sp³-hybridized carbons (Fsp3) is 0.619. The van der Waals surface area contributed by atoms with Crippen LogP contribution in [-0.2, 0) is 16.0 Å². The number of carbonyl (C=O) groups is 2. The Morgan fingerprint density at radius 2 is 1.93 bits per heavy atom. The maximum Gasteiger partial charge on any atom is 0.407 e. The van der Waals surface area contributed by atoms with Gasteiger partial charge in [0.05, 0.1) is 12.1 Å². The molecule has 150 valence electrons. The second-order valence-corrected chi connectivity index (χ2v) is 8.64. The molecule has 1 fully saturated rings. The van der Waals surface area contributed by atoms with Crippen molar-refractivity contribution < 1.29 is 14.3 Å². The van der Waals surface area contributed by atoms with Gasteiger partial charge >= 0.3 is 6.09 Å². The summed E-state index contributed by atoms with van der Waals surface area (Å²) in [5, 5.41) is 9.43. The molecule has 2 amide bonds. The summed E-state index contributed by atoms with van der Waals surface area (Å²) in [4.78, 5) is 24.6. The van der Waals surface area contributed by atoms with E-state index in [-0.39, 0.29) is 24.0 Å². The molecular weight excluding hydrogens is 342 g/mol. The highest BCUT2D eigenvalue weighted by Crippen LogP contribution is 2.14. The van der Waals surface area contributed by atoms with Crippen LogP contribution in [0.25, 0.3) is 0 Å². The van der Waals surface area contributed by atoms with Gasteiger partial charge in [-0.2, -0.15) is 0 Å². The van der Waals surface area contributed by atoms with Crippen molar-refractivity contribution >= 4 is 12.0 Å². The molecule has 1 heterocycles. The molecule has 3 atom stereocenters. The largest absolute Gasteiger partial charge is 0.444 e. The number of carbonyl (C=O) groups excluding carboxylic acids is 2.